The average Bonchev–Trinajstić information content (AvgIpc) is 2.96. The van der Waals surface area contributed by atoms with Gasteiger partial charge in [0.1, 0.15) is 12.1 Å². The molecule has 12 nitrogen and oxygen atoms in total. The van der Waals surface area contributed by atoms with Crippen molar-refractivity contribution in [1.82, 2.24) is 9.78 Å². The zero-order chi connectivity index (χ0) is 18.7. The van der Waals surface area contributed by atoms with Gasteiger partial charge >= 0.3 is 5.97 Å². The normalized spacial score (nSPS) is 10.3. The van der Waals surface area contributed by atoms with Crippen LogP contribution in [0.3, 0.4) is 0 Å². The number of benzene rings is 1. The van der Waals surface area contributed by atoms with Crippen LogP contribution in [0, 0.1) is 27.2 Å². The van der Waals surface area contributed by atoms with E-state index in [4.69, 9.17) is 5.11 Å². The lowest BCUT2D eigenvalue weighted by Crippen LogP contribution is -2.15. The second kappa shape index (κ2) is 6.74. The van der Waals surface area contributed by atoms with Gasteiger partial charge < -0.3 is 10.4 Å². The SMILES string of the molecule is Cc1c([N+](=O)[O-])cc(NC(=O)c2ccn(CC(=O)O)n2)cc1[N+](=O)[O-]. The van der Waals surface area contributed by atoms with Crippen LogP contribution in [0.5, 0.6) is 0 Å². The van der Waals surface area contributed by atoms with Gasteiger partial charge in [-0.05, 0) is 13.0 Å². The van der Waals surface area contributed by atoms with Gasteiger partial charge in [0.25, 0.3) is 17.3 Å². The summed E-state index contributed by atoms with van der Waals surface area (Å²) in [4.78, 5) is 43.1. The highest BCUT2D eigenvalue weighted by Crippen LogP contribution is 2.31. The number of nitrogens with one attached hydrogen (secondary N) is 1. The Kier molecular flexibility index (Phi) is 4.72. The molecule has 25 heavy (non-hydrogen) atoms. The van der Waals surface area contributed by atoms with Gasteiger partial charge in [-0.25, -0.2) is 0 Å². The molecular formula is C13H11N5O7. The van der Waals surface area contributed by atoms with Crippen LogP contribution in [0.1, 0.15) is 16.1 Å². The lowest BCUT2D eigenvalue weighted by Gasteiger charge is -2.06. The average molecular weight is 349 g/mol. The molecule has 2 N–H and O–H groups in total. The lowest BCUT2D eigenvalue weighted by molar-refractivity contribution is -0.395. The fourth-order valence-electron chi connectivity index (χ4n) is 2.04. The minimum absolute atomic E-state index is 0.140. The molecule has 0 saturated carbocycles. The van der Waals surface area contributed by atoms with Gasteiger partial charge in [-0.3, -0.25) is 34.5 Å². The number of nitro benzene ring substituents is 2. The van der Waals surface area contributed by atoms with E-state index in [-0.39, 0.29) is 16.9 Å². The van der Waals surface area contributed by atoms with Gasteiger partial charge in [-0.15, -0.1) is 0 Å². The van der Waals surface area contributed by atoms with E-state index in [0.717, 1.165) is 16.8 Å². The quantitative estimate of drug-likeness (QED) is 0.581. The molecule has 2 rings (SSSR count). The van der Waals surface area contributed by atoms with Crippen molar-refractivity contribution in [2.24, 2.45) is 0 Å². The van der Waals surface area contributed by atoms with Crippen molar-refractivity contribution in [1.29, 1.82) is 0 Å². The predicted octanol–water partition coefficient (Wildman–Crippen LogP) is 1.34. The second-order valence-electron chi connectivity index (χ2n) is 4.90. The molecule has 1 aromatic heterocycles. The van der Waals surface area contributed by atoms with Crippen LogP contribution in [-0.2, 0) is 11.3 Å². The maximum Gasteiger partial charge on any atom is 0.325 e. The first-order valence-electron chi connectivity index (χ1n) is 6.69. The van der Waals surface area contributed by atoms with Crippen LogP contribution in [-0.4, -0.2) is 36.6 Å². The predicted molar refractivity (Wildman–Crippen MR) is 82.3 cm³/mol. The maximum atomic E-state index is 12.1. The fourth-order valence-corrected chi connectivity index (χ4v) is 2.04. The van der Waals surface area contributed by atoms with Crippen LogP contribution >= 0.6 is 0 Å². The summed E-state index contributed by atoms with van der Waals surface area (Å²) in [5, 5.41) is 36.7. The van der Waals surface area contributed by atoms with E-state index in [1.54, 1.807) is 0 Å². The Morgan fingerprint density at radius 1 is 1.24 bits per heavy atom. The van der Waals surface area contributed by atoms with Crippen molar-refractivity contribution in [3.05, 3.63) is 55.9 Å². The number of anilines is 1. The number of hydrogen-bond donors (Lipinski definition) is 2. The Morgan fingerprint density at radius 2 is 1.80 bits per heavy atom. The van der Waals surface area contributed by atoms with Crippen LogP contribution in [0.4, 0.5) is 17.1 Å². The zero-order valence-corrected chi connectivity index (χ0v) is 12.7. The van der Waals surface area contributed by atoms with Gasteiger partial charge in [0, 0.05) is 18.3 Å². The molecule has 0 spiro atoms. The van der Waals surface area contributed by atoms with Crippen molar-refractivity contribution < 1.29 is 24.5 Å². The van der Waals surface area contributed by atoms with Gasteiger partial charge in [0.05, 0.1) is 15.5 Å². The Hall–Kier alpha value is -3.83. The first-order valence-corrected chi connectivity index (χ1v) is 6.69. The third-order valence-electron chi connectivity index (χ3n) is 3.17. The second-order valence-corrected chi connectivity index (χ2v) is 4.90. The largest absolute Gasteiger partial charge is 0.480 e. The van der Waals surface area contributed by atoms with Crippen LogP contribution in [0.25, 0.3) is 0 Å². The Balaban J connectivity index is 2.31. The van der Waals surface area contributed by atoms with Gasteiger partial charge in [-0.2, -0.15) is 5.10 Å². The molecule has 2 aromatic rings. The molecule has 0 saturated heterocycles. The molecule has 0 fully saturated rings. The number of amides is 1. The Morgan fingerprint density at radius 3 is 2.28 bits per heavy atom. The number of hydrogen-bond acceptors (Lipinski definition) is 7. The monoisotopic (exact) mass is 349 g/mol. The highest BCUT2D eigenvalue weighted by Gasteiger charge is 2.24. The smallest absolute Gasteiger partial charge is 0.325 e. The van der Waals surface area contributed by atoms with Crippen LogP contribution < -0.4 is 5.32 Å². The summed E-state index contributed by atoms with van der Waals surface area (Å²) in [6, 6.07) is 3.23. The van der Waals surface area contributed by atoms with E-state index in [1.807, 2.05) is 0 Å². The van der Waals surface area contributed by atoms with E-state index in [9.17, 15) is 29.8 Å². The fraction of sp³-hybridized carbons (Fsp3) is 0.154. The maximum absolute atomic E-state index is 12.1. The Bertz CT molecular complexity index is 854. The molecule has 0 atom stereocenters. The van der Waals surface area contributed by atoms with Crippen LogP contribution in [0.2, 0.25) is 0 Å². The number of nitro groups is 2. The molecule has 0 aliphatic heterocycles. The van der Waals surface area contributed by atoms with Gasteiger partial charge in [0.2, 0.25) is 0 Å². The highest BCUT2D eigenvalue weighted by atomic mass is 16.6. The number of nitrogens with zero attached hydrogens (tertiary/aromatic N) is 4. The van der Waals surface area contributed by atoms with Crippen molar-refractivity contribution in [3.63, 3.8) is 0 Å². The lowest BCUT2D eigenvalue weighted by atomic mass is 10.1. The first-order chi connectivity index (χ1) is 11.7. The minimum Gasteiger partial charge on any atom is -0.480 e. The van der Waals surface area contributed by atoms with E-state index < -0.39 is 39.6 Å². The number of rotatable bonds is 6. The standard InChI is InChI=1S/C13H11N5O7/c1-7-10(17(22)23)4-8(5-11(7)18(24)25)14-13(21)9-2-3-16(15-9)6-12(19)20/h2-5H,6H2,1H3,(H,14,21)(H,19,20). The molecular weight excluding hydrogens is 338 g/mol. The molecule has 1 amide bonds. The Labute approximate surface area is 139 Å². The van der Waals surface area contributed by atoms with Crippen LogP contribution in [0.15, 0.2) is 24.4 Å². The van der Waals surface area contributed by atoms with Gasteiger partial charge in [-0.1, -0.05) is 0 Å². The molecule has 0 unspecified atom stereocenters. The molecule has 12 heteroatoms. The number of carbonyl (C=O) groups excluding carboxylic acids is 1. The number of aliphatic carboxylic acids is 1. The summed E-state index contributed by atoms with van der Waals surface area (Å²) in [6.45, 7) is 0.782. The van der Waals surface area contributed by atoms with Crippen molar-refractivity contribution in [3.8, 4) is 0 Å². The van der Waals surface area contributed by atoms with E-state index in [2.05, 4.69) is 10.4 Å². The molecule has 130 valence electrons. The molecule has 0 radical (unpaired) electrons. The van der Waals surface area contributed by atoms with Crippen molar-refractivity contribution >= 4 is 28.9 Å². The highest BCUT2D eigenvalue weighted by molar-refractivity contribution is 6.03. The summed E-state index contributed by atoms with van der Waals surface area (Å²) in [6.07, 6.45) is 1.27. The summed E-state index contributed by atoms with van der Waals surface area (Å²) in [5.41, 5.74) is -1.46. The zero-order valence-electron chi connectivity index (χ0n) is 12.7. The molecule has 1 heterocycles. The number of carbonyl (C=O) groups is 2. The number of carboxylic acid groups (broad SMARTS) is 1. The summed E-state index contributed by atoms with van der Waals surface area (Å²) < 4.78 is 1.01. The summed E-state index contributed by atoms with van der Waals surface area (Å²) in [7, 11) is 0. The topological polar surface area (TPSA) is 170 Å². The first kappa shape index (κ1) is 17.5. The van der Waals surface area contributed by atoms with E-state index >= 15 is 0 Å². The van der Waals surface area contributed by atoms with E-state index in [1.165, 1.54) is 19.2 Å². The molecule has 0 aliphatic rings. The summed E-state index contributed by atoms with van der Waals surface area (Å²) in [5.74, 6) is -1.95. The third kappa shape index (κ3) is 3.93. The summed E-state index contributed by atoms with van der Waals surface area (Å²) >= 11 is 0. The molecule has 0 aliphatic carbocycles. The number of aromatic nitrogens is 2. The van der Waals surface area contributed by atoms with E-state index in [0.29, 0.717) is 0 Å². The molecule has 1 aromatic carbocycles. The number of carboxylic acids is 1. The minimum atomic E-state index is -1.15. The molecule has 0 bridgehead atoms. The van der Waals surface area contributed by atoms with Gasteiger partial charge in [0.15, 0.2) is 5.69 Å². The van der Waals surface area contributed by atoms with Crippen molar-refractivity contribution in [2.75, 3.05) is 5.32 Å². The third-order valence-corrected chi connectivity index (χ3v) is 3.17. The van der Waals surface area contributed by atoms with Crippen molar-refractivity contribution in [2.45, 2.75) is 13.5 Å².